The lowest BCUT2D eigenvalue weighted by Gasteiger charge is -2.20. The second kappa shape index (κ2) is 4.30. The van der Waals surface area contributed by atoms with Gasteiger partial charge in [-0.3, -0.25) is 4.79 Å². The molecule has 0 unspecified atom stereocenters. The first-order valence-electron chi connectivity index (χ1n) is 6.23. The van der Waals surface area contributed by atoms with E-state index in [0.717, 1.165) is 18.5 Å². The highest BCUT2D eigenvalue weighted by molar-refractivity contribution is 5.98. The average molecular weight is 237 g/mol. The Hall–Kier alpha value is -2.09. The second-order valence-corrected chi connectivity index (χ2v) is 4.64. The largest absolute Gasteiger partial charge is 0.352 e. The highest BCUT2D eigenvalue weighted by Crippen LogP contribution is 2.29. The van der Waals surface area contributed by atoms with Crippen LogP contribution in [0.4, 0.5) is 0 Å². The molecule has 1 aliphatic rings. The second-order valence-electron chi connectivity index (χ2n) is 4.64. The van der Waals surface area contributed by atoms with Crippen molar-refractivity contribution in [3.05, 3.63) is 59.2 Å². The third-order valence-electron chi connectivity index (χ3n) is 3.59. The van der Waals surface area contributed by atoms with Crippen LogP contribution in [-0.4, -0.2) is 12.5 Å². The molecule has 2 aromatic rings. The molecule has 2 aromatic carbocycles. The van der Waals surface area contributed by atoms with Gasteiger partial charge in [-0.2, -0.15) is 0 Å². The summed E-state index contributed by atoms with van der Waals surface area (Å²) in [4.78, 5) is 11.8. The molecule has 1 aliphatic heterocycles. The molecule has 90 valence electrons. The Bertz CT molecular complexity index is 602. The summed E-state index contributed by atoms with van der Waals surface area (Å²) in [5.41, 5.74) is 5.69. The number of rotatable bonds is 1. The van der Waals surface area contributed by atoms with Gasteiger partial charge in [-0.1, -0.05) is 36.4 Å². The number of benzene rings is 2. The number of amides is 1. The first-order valence-corrected chi connectivity index (χ1v) is 6.23. The summed E-state index contributed by atoms with van der Waals surface area (Å²) in [6, 6.07) is 14.3. The molecular weight excluding hydrogens is 222 g/mol. The molecule has 1 amide bonds. The smallest absolute Gasteiger partial charge is 0.251 e. The quantitative estimate of drug-likeness (QED) is 0.811. The fraction of sp³-hybridized carbons (Fsp3) is 0.188. The van der Waals surface area contributed by atoms with Crippen molar-refractivity contribution in [2.45, 2.75) is 13.3 Å². The molecule has 1 heterocycles. The van der Waals surface area contributed by atoms with E-state index in [9.17, 15) is 4.79 Å². The van der Waals surface area contributed by atoms with Crippen LogP contribution < -0.4 is 5.32 Å². The van der Waals surface area contributed by atoms with Gasteiger partial charge in [0, 0.05) is 12.1 Å². The van der Waals surface area contributed by atoms with Crippen LogP contribution in [0.2, 0.25) is 0 Å². The monoisotopic (exact) mass is 237 g/mol. The van der Waals surface area contributed by atoms with Crippen LogP contribution in [0.15, 0.2) is 42.5 Å². The summed E-state index contributed by atoms with van der Waals surface area (Å²) in [6.07, 6.45) is 0.924. The Morgan fingerprint density at radius 1 is 1.00 bits per heavy atom. The van der Waals surface area contributed by atoms with Crippen LogP contribution >= 0.6 is 0 Å². The lowest BCUT2D eigenvalue weighted by atomic mass is 9.89. The molecule has 0 bridgehead atoms. The van der Waals surface area contributed by atoms with Crippen LogP contribution in [0, 0.1) is 6.92 Å². The zero-order valence-electron chi connectivity index (χ0n) is 10.4. The Morgan fingerprint density at radius 2 is 1.72 bits per heavy atom. The van der Waals surface area contributed by atoms with E-state index in [1.807, 2.05) is 24.3 Å². The van der Waals surface area contributed by atoms with Gasteiger partial charge in [0.05, 0.1) is 0 Å². The molecule has 0 spiro atoms. The maximum absolute atomic E-state index is 11.8. The molecule has 2 nitrogen and oxygen atoms in total. The minimum atomic E-state index is 0.0546. The summed E-state index contributed by atoms with van der Waals surface area (Å²) in [5, 5.41) is 2.89. The zero-order chi connectivity index (χ0) is 12.5. The molecule has 3 rings (SSSR count). The summed E-state index contributed by atoms with van der Waals surface area (Å²) < 4.78 is 0. The van der Waals surface area contributed by atoms with Crippen molar-refractivity contribution in [1.82, 2.24) is 5.32 Å². The first-order chi connectivity index (χ1) is 8.77. The van der Waals surface area contributed by atoms with Crippen molar-refractivity contribution in [1.29, 1.82) is 0 Å². The molecular formula is C16H15NO. The summed E-state index contributed by atoms with van der Waals surface area (Å²) >= 11 is 0. The van der Waals surface area contributed by atoms with Crippen molar-refractivity contribution in [3.63, 3.8) is 0 Å². The molecule has 2 heteroatoms. The van der Waals surface area contributed by atoms with E-state index in [1.54, 1.807) is 0 Å². The third kappa shape index (κ3) is 1.70. The molecule has 0 atom stereocenters. The zero-order valence-corrected chi connectivity index (χ0v) is 10.4. The van der Waals surface area contributed by atoms with Crippen molar-refractivity contribution >= 4 is 5.91 Å². The van der Waals surface area contributed by atoms with Crippen molar-refractivity contribution in [2.24, 2.45) is 0 Å². The van der Waals surface area contributed by atoms with Crippen LogP contribution in [-0.2, 0) is 6.42 Å². The number of carbonyl (C=O) groups is 1. The normalized spacial score (nSPS) is 13.9. The van der Waals surface area contributed by atoms with Crippen LogP contribution in [0.3, 0.4) is 0 Å². The predicted octanol–water partition coefficient (Wildman–Crippen LogP) is 2.95. The van der Waals surface area contributed by atoms with Crippen LogP contribution in [0.1, 0.15) is 21.5 Å². The molecule has 0 radical (unpaired) electrons. The van der Waals surface area contributed by atoms with Gasteiger partial charge in [0.2, 0.25) is 0 Å². The van der Waals surface area contributed by atoms with Crippen molar-refractivity contribution in [3.8, 4) is 11.1 Å². The minimum absolute atomic E-state index is 0.0546. The molecule has 0 aliphatic carbocycles. The Labute approximate surface area is 107 Å². The standard InChI is InChI=1S/C16H15NO/c1-11-13(12-5-3-2-4-6-12)7-8-15-14(11)9-10-17-16(15)18/h2-8H,9-10H2,1H3,(H,17,18). The summed E-state index contributed by atoms with van der Waals surface area (Å²) in [5.74, 6) is 0.0546. The van der Waals surface area contributed by atoms with E-state index in [4.69, 9.17) is 0 Å². The summed E-state index contributed by atoms with van der Waals surface area (Å²) in [6.45, 7) is 2.85. The van der Waals surface area contributed by atoms with E-state index in [2.05, 4.69) is 30.4 Å². The lowest BCUT2D eigenvalue weighted by Crippen LogP contribution is -2.32. The maximum Gasteiger partial charge on any atom is 0.251 e. The van der Waals surface area contributed by atoms with Gasteiger partial charge in [0.25, 0.3) is 5.91 Å². The Balaban J connectivity index is 2.17. The van der Waals surface area contributed by atoms with Gasteiger partial charge in [-0.25, -0.2) is 0 Å². The van der Waals surface area contributed by atoms with Gasteiger partial charge in [-0.15, -0.1) is 0 Å². The Kier molecular flexibility index (Phi) is 2.63. The number of hydrogen-bond donors (Lipinski definition) is 1. The highest BCUT2D eigenvalue weighted by atomic mass is 16.1. The van der Waals surface area contributed by atoms with Crippen LogP contribution in [0.25, 0.3) is 11.1 Å². The molecule has 0 aromatic heterocycles. The van der Waals surface area contributed by atoms with Crippen molar-refractivity contribution < 1.29 is 4.79 Å². The number of hydrogen-bond acceptors (Lipinski definition) is 1. The highest BCUT2D eigenvalue weighted by Gasteiger charge is 2.19. The number of carbonyl (C=O) groups excluding carboxylic acids is 1. The lowest BCUT2D eigenvalue weighted by molar-refractivity contribution is 0.0946. The molecule has 0 fully saturated rings. The van der Waals surface area contributed by atoms with E-state index in [-0.39, 0.29) is 5.91 Å². The molecule has 0 saturated heterocycles. The molecule has 18 heavy (non-hydrogen) atoms. The minimum Gasteiger partial charge on any atom is -0.352 e. The third-order valence-corrected chi connectivity index (χ3v) is 3.59. The Morgan fingerprint density at radius 3 is 2.50 bits per heavy atom. The average Bonchev–Trinajstić information content (AvgIpc) is 2.41. The summed E-state index contributed by atoms with van der Waals surface area (Å²) in [7, 11) is 0. The van der Waals surface area contributed by atoms with Gasteiger partial charge in [-0.05, 0) is 41.7 Å². The molecule has 0 saturated carbocycles. The van der Waals surface area contributed by atoms with E-state index in [0.29, 0.717) is 0 Å². The van der Waals surface area contributed by atoms with Gasteiger partial charge < -0.3 is 5.32 Å². The predicted molar refractivity (Wildman–Crippen MR) is 72.7 cm³/mol. The maximum atomic E-state index is 11.8. The topological polar surface area (TPSA) is 29.1 Å². The number of nitrogens with one attached hydrogen (secondary N) is 1. The van der Waals surface area contributed by atoms with Crippen LogP contribution in [0.5, 0.6) is 0 Å². The van der Waals surface area contributed by atoms with Gasteiger partial charge in [0.15, 0.2) is 0 Å². The first kappa shape index (κ1) is 11.0. The van der Waals surface area contributed by atoms with Crippen molar-refractivity contribution in [2.75, 3.05) is 6.54 Å². The van der Waals surface area contributed by atoms with Gasteiger partial charge in [0.1, 0.15) is 0 Å². The SMILES string of the molecule is Cc1c(-c2ccccc2)ccc2c1CCNC2=O. The van der Waals surface area contributed by atoms with Gasteiger partial charge >= 0.3 is 0 Å². The number of fused-ring (bicyclic) bond motifs is 1. The van der Waals surface area contributed by atoms with E-state index < -0.39 is 0 Å². The van der Waals surface area contributed by atoms with E-state index in [1.165, 1.54) is 22.3 Å². The fourth-order valence-electron chi connectivity index (χ4n) is 2.62. The fourth-order valence-corrected chi connectivity index (χ4v) is 2.62. The van der Waals surface area contributed by atoms with E-state index >= 15 is 0 Å². The molecule has 1 N–H and O–H groups in total.